The summed E-state index contributed by atoms with van der Waals surface area (Å²) in [4.78, 5) is 19.2. The van der Waals surface area contributed by atoms with Crippen molar-refractivity contribution in [3.8, 4) is 5.88 Å². The molecule has 0 amide bonds. The molecule has 1 aromatic rings. The van der Waals surface area contributed by atoms with Crippen molar-refractivity contribution in [3.05, 3.63) is 17.6 Å². The van der Waals surface area contributed by atoms with Crippen molar-refractivity contribution in [3.63, 3.8) is 0 Å². The number of rotatable bonds is 3. The summed E-state index contributed by atoms with van der Waals surface area (Å²) in [5.74, 6) is 0.329. The quantitative estimate of drug-likeness (QED) is 0.674. The van der Waals surface area contributed by atoms with Gasteiger partial charge in [-0.25, -0.2) is 9.78 Å². The Morgan fingerprint density at radius 3 is 2.86 bits per heavy atom. The van der Waals surface area contributed by atoms with E-state index in [9.17, 15) is 4.79 Å². The second kappa shape index (κ2) is 4.55. The number of carbonyl (C=O) groups is 1. The van der Waals surface area contributed by atoms with E-state index < -0.39 is 5.97 Å². The number of aromatic nitrogens is 2. The van der Waals surface area contributed by atoms with Crippen molar-refractivity contribution in [1.82, 2.24) is 9.97 Å². The number of hydrogen-bond donors (Lipinski definition) is 0. The molecule has 1 rings (SSSR count). The van der Waals surface area contributed by atoms with Gasteiger partial charge in [0.2, 0.25) is 5.88 Å². The van der Waals surface area contributed by atoms with Gasteiger partial charge in [-0.3, -0.25) is 0 Å². The van der Waals surface area contributed by atoms with Gasteiger partial charge in [0, 0.05) is 6.20 Å². The maximum absolute atomic E-state index is 11.4. The van der Waals surface area contributed by atoms with Gasteiger partial charge in [0.1, 0.15) is 11.4 Å². The van der Waals surface area contributed by atoms with Crippen molar-refractivity contribution >= 4 is 5.97 Å². The van der Waals surface area contributed by atoms with Gasteiger partial charge in [-0.1, -0.05) is 0 Å². The first-order valence-corrected chi connectivity index (χ1v) is 4.23. The SMILES string of the molecule is CCOC(=O)c1cnc(C)nc1OC. The van der Waals surface area contributed by atoms with E-state index in [0.29, 0.717) is 12.4 Å². The Kier molecular flexibility index (Phi) is 3.39. The van der Waals surface area contributed by atoms with Gasteiger partial charge in [-0.15, -0.1) is 0 Å². The van der Waals surface area contributed by atoms with Crippen molar-refractivity contribution in [2.75, 3.05) is 13.7 Å². The zero-order chi connectivity index (χ0) is 10.6. The zero-order valence-electron chi connectivity index (χ0n) is 8.40. The Balaban J connectivity index is 3.01. The van der Waals surface area contributed by atoms with Gasteiger partial charge in [0.05, 0.1) is 13.7 Å². The fourth-order valence-electron chi connectivity index (χ4n) is 0.954. The Bertz CT molecular complexity index is 339. The predicted octanol–water partition coefficient (Wildman–Crippen LogP) is 0.970. The molecule has 0 fully saturated rings. The molecule has 1 aromatic heterocycles. The van der Waals surface area contributed by atoms with Crippen LogP contribution in [0.15, 0.2) is 6.20 Å². The van der Waals surface area contributed by atoms with Crippen LogP contribution in [0.2, 0.25) is 0 Å². The maximum Gasteiger partial charge on any atom is 0.345 e. The molecule has 0 bridgehead atoms. The van der Waals surface area contributed by atoms with Crippen LogP contribution in [0, 0.1) is 6.92 Å². The number of aryl methyl sites for hydroxylation is 1. The van der Waals surface area contributed by atoms with Crippen LogP contribution in [-0.2, 0) is 4.74 Å². The number of esters is 1. The lowest BCUT2D eigenvalue weighted by molar-refractivity contribution is 0.0521. The van der Waals surface area contributed by atoms with E-state index in [1.54, 1.807) is 13.8 Å². The monoisotopic (exact) mass is 196 g/mol. The summed E-state index contributed by atoms with van der Waals surface area (Å²) in [6, 6.07) is 0. The van der Waals surface area contributed by atoms with E-state index in [0.717, 1.165) is 0 Å². The summed E-state index contributed by atoms with van der Waals surface area (Å²) >= 11 is 0. The second-order valence-electron chi connectivity index (χ2n) is 2.56. The molecule has 0 aromatic carbocycles. The molecule has 0 aliphatic heterocycles. The number of nitrogens with zero attached hydrogens (tertiary/aromatic N) is 2. The Morgan fingerprint density at radius 1 is 1.57 bits per heavy atom. The third-order valence-electron chi connectivity index (χ3n) is 1.56. The lowest BCUT2D eigenvalue weighted by Gasteiger charge is -2.06. The van der Waals surface area contributed by atoms with E-state index in [1.807, 2.05) is 0 Å². The molecule has 0 N–H and O–H groups in total. The highest BCUT2D eigenvalue weighted by Gasteiger charge is 2.15. The average Bonchev–Trinajstić information content (AvgIpc) is 2.17. The molecule has 0 aliphatic carbocycles. The van der Waals surface area contributed by atoms with Crippen LogP contribution >= 0.6 is 0 Å². The summed E-state index contributed by atoms with van der Waals surface area (Å²) in [7, 11) is 1.45. The van der Waals surface area contributed by atoms with Crippen LogP contribution in [0.5, 0.6) is 5.88 Å². The van der Waals surface area contributed by atoms with Crippen LogP contribution in [0.3, 0.4) is 0 Å². The first-order valence-electron chi connectivity index (χ1n) is 4.23. The van der Waals surface area contributed by atoms with Crippen molar-refractivity contribution in [1.29, 1.82) is 0 Å². The third kappa shape index (κ3) is 2.18. The first-order chi connectivity index (χ1) is 6.69. The highest BCUT2D eigenvalue weighted by Crippen LogP contribution is 2.14. The zero-order valence-corrected chi connectivity index (χ0v) is 8.40. The van der Waals surface area contributed by atoms with Gasteiger partial charge in [-0.2, -0.15) is 4.98 Å². The summed E-state index contributed by atoms with van der Waals surface area (Å²) < 4.78 is 9.75. The molecule has 0 saturated heterocycles. The van der Waals surface area contributed by atoms with E-state index in [4.69, 9.17) is 9.47 Å². The maximum atomic E-state index is 11.4. The van der Waals surface area contributed by atoms with Gasteiger partial charge < -0.3 is 9.47 Å². The summed E-state index contributed by atoms with van der Waals surface area (Å²) in [6.07, 6.45) is 1.40. The Hall–Kier alpha value is -1.65. The van der Waals surface area contributed by atoms with Crippen molar-refractivity contribution < 1.29 is 14.3 Å². The molecule has 0 saturated carbocycles. The number of hydrogen-bond acceptors (Lipinski definition) is 5. The summed E-state index contributed by atoms with van der Waals surface area (Å²) in [6.45, 7) is 3.77. The minimum absolute atomic E-state index is 0.246. The van der Waals surface area contributed by atoms with Crippen LogP contribution in [0.4, 0.5) is 0 Å². The van der Waals surface area contributed by atoms with Crippen molar-refractivity contribution in [2.45, 2.75) is 13.8 Å². The second-order valence-corrected chi connectivity index (χ2v) is 2.56. The van der Waals surface area contributed by atoms with Crippen LogP contribution in [0.1, 0.15) is 23.1 Å². The molecule has 5 nitrogen and oxygen atoms in total. The van der Waals surface area contributed by atoms with E-state index in [1.165, 1.54) is 13.3 Å². The standard InChI is InChI=1S/C9H12N2O3/c1-4-14-9(12)7-5-10-6(2)11-8(7)13-3/h5H,4H2,1-3H3. The molecule has 1 heterocycles. The number of methoxy groups -OCH3 is 1. The number of ether oxygens (including phenoxy) is 2. The minimum Gasteiger partial charge on any atom is -0.480 e. The summed E-state index contributed by atoms with van der Waals surface area (Å²) in [5, 5.41) is 0. The smallest absolute Gasteiger partial charge is 0.345 e. The van der Waals surface area contributed by atoms with Crippen LogP contribution in [-0.4, -0.2) is 29.7 Å². The molecular formula is C9H12N2O3. The predicted molar refractivity (Wildman–Crippen MR) is 49.3 cm³/mol. The molecule has 0 spiro atoms. The lowest BCUT2D eigenvalue weighted by Crippen LogP contribution is -2.09. The molecule has 5 heteroatoms. The Labute approximate surface area is 82.1 Å². The molecule has 76 valence electrons. The van der Waals surface area contributed by atoms with Gasteiger partial charge in [0.25, 0.3) is 0 Å². The third-order valence-corrected chi connectivity index (χ3v) is 1.56. The normalized spacial score (nSPS) is 9.64. The average molecular weight is 196 g/mol. The molecule has 0 radical (unpaired) electrons. The minimum atomic E-state index is -0.468. The van der Waals surface area contributed by atoms with Crippen molar-refractivity contribution in [2.24, 2.45) is 0 Å². The number of carbonyl (C=O) groups excluding carboxylic acids is 1. The molecule has 0 unspecified atom stereocenters. The van der Waals surface area contributed by atoms with E-state index in [2.05, 4.69) is 9.97 Å². The highest BCUT2D eigenvalue weighted by atomic mass is 16.5. The van der Waals surface area contributed by atoms with Crippen LogP contribution < -0.4 is 4.74 Å². The van der Waals surface area contributed by atoms with E-state index >= 15 is 0 Å². The van der Waals surface area contributed by atoms with E-state index in [-0.39, 0.29) is 11.4 Å². The highest BCUT2D eigenvalue weighted by molar-refractivity contribution is 5.91. The fraction of sp³-hybridized carbons (Fsp3) is 0.444. The summed E-state index contributed by atoms with van der Waals surface area (Å²) in [5.41, 5.74) is 0.250. The topological polar surface area (TPSA) is 61.3 Å². The molecular weight excluding hydrogens is 184 g/mol. The fourth-order valence-corrected chi connectivity index (χ4v) is 0.954. The van der Waals surface area contributed by atoms with Crippen LogP contribution in [0.25, 0.3) is 0 Å². The Morgan fingerprint density at radius 2 is 2.29 bits per heavy atom. The molecule has 14 heavy (non-hydrogen) atoms. The van der Waals surface area contributed by atoms with Gasteiger partial charge in [-0.05, 0) is 13.8 Å². The lowest BCUT2D eigenvalue weighted by atomic mass is 10.3. The van der Waals surface area contributed by atoms with Gasteiger partial charge >= 0.3 is 5.97 Å². The molecule has 0 aliphatic rings. The van der Waals surface area contributed by atoms with Gasteiger partial charge in [0.15, 0.2) is 0 Å². The largest absolute Gasteiger partial charge is 0.480 e. The first kappa shape index (κ1) is 10.4. The molecule has 0 atom stereocenters.